The molecule has 1 atom stereocenters. The van der Waals surface area contributed by atoms with Gasteiger partial charge in [-0.15, -0.1) is 12.4 Å². The van der Waals surface area contributed by atoms with Crippen molar-refractivity contribution in [3.05, 3.63) is 28.8 Å². The normalized spacial score (nSPS) is 17.0. The number of hydrogen-bond acceptors (Lipinski definition) is 3. The van der Waals surface area contributed by atoms with E-state index in [0.717, 1.165) is 25.9 Å². The molecule has 1 aliphatic heterocycles. The van der Waals surface area contributed by atoms with Gasteiger partial charge in [-0.3, -0.25) is 4.79 Å². The highest BCUT2D eigenvalue weighted by atomic mass is 35.5. The van der Waals surface area contributed by atoms with Crippen molar-refractivity contribution in [2.24, 2.45) is 5.92 Å². The lowest BCUT2D eigenvalue weighted by Crippen LogP contribution is -2.26. The molecule has 1 aromatic rings. The van der Waals surface area contributed by atoms with Gasteiger partial charge < -0.3 is 15.4 Å². The van der Waals surface area contributed by atoms with Crippen LogP contribution in [0.5, 0.6) is 5.75 Å². The molecule has 1 aliphatic rings. The standard InChI is InChI=1S/C16H22F2N2O2.ClH/c1-10-7-13(8-11(2)14(10)22-16(17)18)15(21)20-6-4-12-3-5-19-9-12;/h7-8,12,16,19H,3-6,9H2,1-2H3,(H,20,21);1H. The molecule has 4 nitrogen and oxygen atoms in total. The first kappa shape index (κ1) is 19.6. The van der Waals surface area contributed by atoms with E-state index in [9.17, 15) is 13.6 Å². The molecule has 7 heteroatoms. The Morgan fingerprint density at radius 3 is 2.57 bits per heavy atom. The summed E-state index contributed by atoms with van der Waals surface area (Å²) in [5.41, 5.74) is 1.54. The Bertz CT molecular complexity index is 512. The molecular weight excluding hydrogens is 326 g/mol. The number of ether oxygens (including phenoxy) is 1. The van der Waals surface area contributed by atoms with Crippen LogP contribution in [0.1, 0.15) is 34.3 Å². The van der Waals surface area contributed by atoms with Gasteiger partial charge in [0.25, 0.3) is 5.91 Å². The van der Waals surface area contributed by atoms with E-state index in [1.165, 1.54) is 0 Å². The van der Waals surface area contributed by atoms with Crippen molar-refractivity contribution in [1.29, 1.82) is 0 Å². The van der Waals surface area contributed by atoms with Crippen LogP contribution in [0.15, 0.2) is 12.1 Å². The number of nitrogens with one attached hydrogen (secondary N) is 2. The van der Waals surface area contributed by atoms with Crippen LogP contribution in [-0.2, 0) is 0 Å². The van der Waals surface area contributed by atoms with E-state index in [4.69, 9.17) is 0 Å². The highest BCUT2D eigenvalue weighted by molar-refractivity contribution is 5.94. The van der Waals surface area contributed by atoms with Gasteiger partial charge in [0.05, 0.1) is 0 Å². The lowest BCUT2D eigenvalue weighted by atomic mass is 10.0. The van der Waals surface area contributed by atoms with Crippen molar-refractivity contribution in [2.75, 3.05) is 19.6 Å². The van der Waals surface area contributed by atoms with Gasteiger partial charge in [0.2, 0.25) is 0 Å². The Morgan fingerprint density at radius 2 is 2.04 bits per heavy atom. The maximum Gasteiger partial charge on any atom is 0.387 e. The monoisotopic (exact) mass is 348 g/mol. The second-order valence-electron chi connectivity index (χ2n) is 5.72. The number of carbonyl (C=O) groups excluding carboxylic acids is 1. The summed E-state index contributed by atoms with van der Waals surface area (Å²) in [4.78, 5) is 12.1. The van der Waals surface area contributed by atoms with Crippen molar-refractivity contribution in [3.63, 3.8) is 0 Å². The highest BCUT2D eigenvalue weighted by Crippen LogP contribution is 2.26. The van der Waals surface area contributed by atoms with E-state index in [2.05, 4.69) is 15.4 Å². The lowest BCUT2D eigenvalue weighted by Gasteiger charge is -2.14. The molecule has 0 aromatic heterocycles. The molecule has 2 N–H and O–H groups in total. The molecule has 1 aromatic carbocycles. The molecule has 1 amide bonds. The summed E-state index contributed by atoms with van der Waals surface area (Å²) in [6, 6.07) is 3.16. The Hall–Kier alpha value is -1.40. The number of alkyl halides is 2. The van der Waals surface area contributed by atoms with E-state index in [1.807, 2.05) is 0 Å². The first-order valence-electron chi connectivity index (χ1n) is 7.52. The second kappa shape index (κ2) is 9.03. The van der Waals surface area contributed by atoms with Gasteiger partial charge in [0.15, 0.2) is 0 Å². The summed E-state index contributed by atoms with van der Waals surface area (Å²) >= 11 is 0. The Kier molecular flexibility index (Phi) is 7.72. The fourth-order valence-corrected chi connectivity index (χ4v) is 2.81. The lowest BCUT2D eigenvalue weighted by molar-refractivity contribution is -0.0507. The zero-order valence-corrected chi connectivity index (χ0v) is 14.1. The third-order valence-corrected chi connectivity index (χ3v) is 3.93. The minimum Gasteiger partial charge on any atom is -0.434 e. The predicted molar refractivity (Wildman–Crippen MR) is 87.7 cm³/mol. The molecule has 23 heavy (non-hydrogen) atoms. The summed E-state index contributed by atoms with van der Waals surface area (Å²) in [6.45, 7) is 3.13. The van der Waals surface area contributed by atoms with Crippen LogP contribution in [0.25, 0.3) is 0 Å². The van der Waals surface area contributed by atoms with Crippen molar-refractivity contribution in [3.8, 4) is 5.75 Å². The van der Waals surface area contributed by atoms with Gasteiger partial charge in [-0.25, -0.2) is 0 Å². The summed E-state index contributed by atoms with van der Waals surface area (Å²) in [6.07, 6.45) is 2.09. The zero-order chi connectivity index (χ0) is 16.1. The quantitative estimate of drug-likeness (QED) is 0.830. The summed E-state index contributed by atoms with van der Waals surface area (Å²) < 4.78 is 29.2. The SMILES string of the molecule is Cc1cc(C(=O)NCCC2CCNC2)cc(C)c1OC(F)F.Cl. The molecule has 2 rings (SSSR count). The van der Waals surface area contributed by atoms with Gasteiger partial charge in [0, 0.05) is 12.1 Å². The van der Waals surface area contributed by atoms with E-state index < -0.39 is 6.61 Å². The van der Waals surface area contributed by atoms with Crippen molar-refractivity contribution in [1.82, 2.24) is 10.6 Å². The zero-order valence-electron chi connectivity index (χ0n) is 13.3. The van der Waals surface area contributed by atoms with Crippen LogP contribution in [0, 0.1) is 19.8 Å². The molecule has 0 bridgehead atoms. The Morgan fingerprint density at radius 1 is 1.39 bits per heavy atom. The molecule has 1 saturated heterocycles. The minimum absolute atomic E-state index is 0. The van der Waals surface area contributed by atoms with Crippen LogP contribution in [0.4, 0.5) is 8.78 Å². The number of halogens is 3. The maximum absolute atomic E-state index is 12.3. The summed E-state index contributed by atoms with van der Waals surface area (Å²) in [5, 5.41) is 6.18. The van der Waals surface area contributed by atoms with Gasteiger partial charge in [-0.2, -0.15) is 8.78 Å². The molecule has 0 saturated carbocycles. The number of amides is 1. The Labute approximate surface area is 141 Å². The number of carbonyl (C=O) groups is 1. The summed E-state index contributed by atoms with van der Waals surface area (Å²) in [5.74, 6) is 0.579. The number of hydrogen-bond donors (Lipinski definition) is 2. The maximum atomic E-state index is 12.3. The molecule has 1 unspecified atom stereocenters. The van der Waals surface area contributed by atoms with Crippen LogP contribution in [0.3, 0.4) is 0 Å². The molecule has 130 valence electrons. The predicted octanol–water partition coefficient (Wildman–Crippen LogP) is 3.06. The molecule has 1 heterocycles. The van der Waals surface area contributed by atoms with E-state index >= 15 is 0 Å². The first-order chi connectivity index (χ1) is 10.5. The largest absolute Gasteiger partial charge is 0.434 e. The van der Waals surface area contributed by atoms with Crippen molar-refractivity contribution in [2.45, 2.75) is 33.3 Å². The van der Waals surface area contributed by atoms with Crippen LogP contribution in [-0.4, -0.2) is 32.2 Å². The second-order valence-corrected chi connectivity index (χ2v) is 5.72. The molecular formula is C16H23ClF2N2O2. The van der Waals surface area contributed by atoms with Gasteiger partial charge in [-0.1, -0.05) is 0 Å². The minimum atomic E-state index is -2.86. The van der Waals surface area contributed by atoms with E-state index in [1.54, 1.807) is 26.0 Å². The topological polar surface area (TPSA) is 50.4 Å². The smallest absolute Gasteiger partial charge is 0.387 e. The van der Waals surface area contributed by atoms with Gasteiger partial charge >= 0.3 is 6.61 Å². The van der Waals surface area contributed by atoms with Crippen molar-refractivity contribution < 1.29 is 18.3 Å². The molecule has 1 fully saturated rings. The first-order valence-corrected chi connectivity index (χ1v) is 7.52. The molecule has 0 spiro atoms. The third-order valence-electron chi connectivity index (χ3n) is 3.93. The fourth-order valence-electron chi connectivity index (χ4n) is 2.81. The van der Waals surface area contributed by atoms with E-state index in [0.29, 0.717) is 29.2 Å². The van der Waals surface area contributed by atoms with Crippen LogP contribution < -0.4 is 15.4 Å². The molecule has 0 radical (unpaired) electrons. The average molecular weight is 349 g/mol. The molecule has 0 aliphatic carbocycles. The number of rotatable bonds is 6. The summed E-state index contributed by atoms with van der Waals surface area (Å²) in [7, 11) is 0. The van der Waals surface area contributed by atoms with Gasteiger partial charge in [-0.05, 0) is 69.0 Å². The van der Waals surface area contributed by atoms with E-state index in [-0.39, 0.29) is 24.1 Å². The number of benzene rings is 1. The van der Waals surface area contributed by atoms with Crippen molar-refractivity contribution >= 4 is 18.3 Å². The van der Waals surface area contributed by atoms with Crippen LogP contribution in [0.2, 0.25) is 0 Å². The Balaban J connectivity index is 0.00000264. The highest BCUT2D eigenvalue weighted by Gasteiger charge is 2.16. The number of aryl methyl sites for hydroxylation is 2. The average Bonchev–Trinajstić information content (AvgIpc) is 2.95. The van der Waals surface area contributed by atoms with Gasteiger partial charge in [0.1, 0.15) is 5.75 Å². The third kappa shape index (κ3) is 5.62. The fraction of sp³-hybridized carbons (Fsp3) is 0.562. The van der Waals surface area contributed by atoms with Crippen LogP contribution >= 0.6 is 12.4 Å².